The van der Waals surface area contributed by atoms with Gasteiger partial charge in [-0.1, -0.05) is 0 Å². The molecule has 2 atom stereocenters. The molecule has 0 radical (unpaired) electrons. The third-order valence-electron chi connectivity index (χ3n) is 3.54. The summed E-state index contributed by atoms with van der Waals surface area (Å²) in [6.07, 6.45) is 4.02. The van der Waals surface area contributed by atoms with E-state index in [1.165, 1.54) is 32.4 Å². The maximum absolute atomic E-state index is 10.7. The summed E-state index contributed by atoms with van der Waals surface area (Å²) in [5, 5.41) is 3.24. The zero-order chi connectivity index (χ0) is 11.5. The number of rotatable bonds is 6. The Balaban J connectivity index is 1.58. The molecule has 1 aliphatic carbocycles. The summed E-state index contributed by atoms with van der Waals surface area (Å²) in [5.41, 5.74) is 10.6. The highest BCUT2D eigenvalue weighted by Gasteiger charge is 2.34. The van der Waals surface area contributed by atoms with E-state index < -0.39 is 11.9 Å². The van der Waals surface area contributed by atoms with Crippen molar-refractivity contribution in [3.63, 3.8) is 0 Å². The third kappa shape index (κ3) is 3.17. The minimum atomic E-state index is -0.555. The molecule has 2 aliphatic rings. The second-order valence-corrected chi connectivity index (χ2v) is 5.05. The van der Waals surface area contributed by atoms with Crippen LogP contribution in [0.2, 0.25) is 0 Å². The Bertz CT molecular complexity index is 254. The molecule has 5 nitrogen and oxygen atoms in total. The van der Waals surface area contributed by atoms with Gasteiger partial charge in [-0.25, -0.2) is 0 Å². The quantitative estimate of drug-likeness (QED) is 0.535. The number of nitrogens with one attached hydrogen (secondary N) is 1. The molecule has 0 spiro atoms. The van der Waals surface area contributed by atoms with Crippen LogP contribution in [0.15, 0.2) is 0 Å². The molecule has 1 amide bonds. The minimum Gasteiger partial charge on any atom is -0.368 e. The fraction of sp³-hybridized carbons (Fsp3) is 0.909. The Morgan fingerprint density at radius 1 is 1.44 bits per heavy atom. The van der Waals surface area contributed by atoms with Gasteiger partial charge in [-0.3, -0.25) is 4.79 Å². The summed E-state index contributed by atoms with van der Waals surface area (Å²) < 4.78 is 0. The molecular weight excluding hydrogens is 204 g/mol. The predicted molar refractivity (Wildman–Crippen MR) is 62.7 cm³/mol. The van der Waals surface area contributed by atoms with E-state index in [1.807, 2.05) is 0 Å². The Hall–Kier alpha value is -0.650. The van der Waals surface area contributed by atoms with Crippen LogP contribution in [0, 0.1) is 5.92 Å². The van der Waals surface area contributed by atoms with Gasteiger partial charge in [0, 0.05) is 19.1 Å². The summed E-state index contributed by atoms with van der Waals surface area (Å²) in [5.74, 6) is 0.277. The van der Waals surface area contributed by atoms with Crippen molar-refractivity contribution < 1.29 is 4.79 Å². The molecule has 0 bridgehead atoms. The van der Waals surface area contributed by atoms with Gasteiger partial charge in [0.05, 0.1) is 6.04 Å². The standard InChI is InChI=1S/C11H22N4O/c12-10(11(13)16)6-14-5-8-3-4-15(7-8)9-1-2-9/h8-10,14H,1-7,12H2,(H2,13,16). The highest BCUT2D eigenvalue weighted by Crippen LogP contribution is 2.31. The van der Waals surface area contributed by atoms with Gasteiger partial charge >= 0.3 is 0 Å². The van der Waals surface area contributed by atoms with Gasteiger partial charge in [-0.2, -0.15) is 0 Å². The topological polar surface area (TPSA) is 84.4 Å². The van der Waals surface area contributed by atoms with Gasteiger partial charge in [0.1, 0.15) is 0 Å². The van der Waals surface area contributed by atoms with Gasteiger partial charge in [-0.05, 0) is 38.3 Å². The van der Waals surface area contributed by atoms with Crippen molar-refractivity contribution in [3.8, 4) is 0 Å². The summed E-state index contributed by atoms with van der Waals surface area (Å²) in [4.78, 5) is 13.3. The van der Waals surface area contributed by atoms with Gasteiger partial charge < -0.3 is 21.7 Å². The van der Waals surface area contributed by atoms with Gasteiger partial charge in [-0.15, -0.1) is 0 Å². The van der Waals surface area contributed by atoms with Crippen LogP contribution in [0.1, 0.15) is 19.3 Å². The van der Waals surface area contributed by atoms with Crippen LogP contribution in [0.3, 0.4) is 0 Å². The van der Waals surface area contributed by atoms with Crippen molar-refractivity contribution >= 4 is 5.91 Å². The predicted octanol–water partition coefficient (Wildman–Crippen LogP) is -1.13. The number of amides is 1. The van der Waals surface area contributed by atoms with E-state index in [2.05, 4.69) is 10.2 Å². The molecule has 1 aliphatic heterocycles. The molecule has 1 saturated carbocycles. The number of nitrogens with two attached hydrogens (primary N) is 2. The second-order valence-electron chi connectivity index (χ2n) is 5.05. The molecule has 16 heavy (non-hydrogen) atoms. The monoisotopic (exact) mass is 226 g/mol. The summed E-state index contributed by atoms with van der Waals surface area (Å²) in [6, 6.07) is 0.318. The van der Waals surface area contributed by atoms with E-state index >= 15 is 0 Å². The maximum atomic E-state index is 10.7. The van der Waals surface area contributed by atoms with Crippen LogP contribution >= 0.6 is 0 Å². The van der Waals surface area contributed by atoms with Crippen LogP contribution in [0.25, 0.3) is 0 Å². The number of likely N-dealkylation sites (tertiary alicyclic amines) is 1. The molecule has 0 aromatic carbocycles. The average Bonchev–Trinajstić information content (AvgIpc) is 2.99. The summed E-state index contributed by atoms with van der Waals surface area (Å²) in [7, 11) is 0. The molecule has 2 fully saturated rings. The Morgan fingerprint density at radius 2 is 2.19 bits per heavy atom. The van der Waals surface area contributed by atoms with Gasteiger partial charge in [0.15, 0.2) is 0 Å². The van der Waals surface area contributed by atoms with Gasteiger partial charge in [0.2, 0.25) is 5.91 Å². The largest absolute Gasteiger partial charge is 0.368 e. The molecular formula is C11H22N4O. The first-order valence-electron chi connectivity index (χ1n) is 6.16. The first kappa shape index (κ1) is 11.8. The molecule has 1 saturated heterocycles. The van der Waals surface area contributed by atoms with E-state index in [4.69, 9.17) is 11.5 Å². The normalized spacial score (nSPS) is 28.2. The lowest BCUT2D eigenvalue weighted by molar-refractivity contribution is -0.119. The van der Waals surface area contributed by atoms with E-state index in [9.17, 15) is 4.79 Å². The molecule has 5 N–H and O–H groups in total. The van der Waals surface area contributed by atoms with Crippen LogP contribution in [-0.4, -0.2) is 49.1 Å². The summed E-state index contributed by atoms with van der Waals surface area (Å²) in [6.45, 7) is 3.88. The van der Waals surface area contributed by atoms with Crippen molar-refractivity contribution in [2.24, 2.45) is 17.4 Å². The van der Waals surface area contributed by atoms with Crippen LogP contribution in [-0.2, 0) is 4.79 Å². The van der Waals surface area contributed by atoms with E-state index in [0.29, 0.717) is 12.5 Å². The lowest BCUT2D eigenvalue weighted by Crippen LogP contribution is -2.45. The fourth-order valence-corrected chi connectivity index (χ4v) is 2.34. The average molecular weight is 226 g/mol. The van der Waals surface area contributed by atoms with Crippen LogP contribution in [0.4, 0.5) is 0 Å². The lowest BCUT2D eigenvalue weighted by atomic mass is 10.1. The number of hydrogen-bond acceptors (Lipinski definition) is 4. The SMILES string of the molecule is NC(=O)C(N)CNCC1CCN(C2CC2)C1. The van der Waals surface area contributed by atoms with Crippen LogP contribution in [0.5, 0.6) is 0 Å². The summed E-state index contributed by atoms with van der Waals surface area (Å²) >= 11 is 0. The molecule has 5 heteroatoms. The minimum absolute atomic E-state index is 0.432. The fourth-order valence-electron chi connectivity index (χ4n) is 2.34. The van der Waals surface area contributed by atoms with Crippen molar-refractivity contribution in [2.45, 2.75) is 31.3 Å². The van der Waals surface area contributed by atoms with E-state index in [1.54, 1.807) is 0 Å². The smallest absolute Gasteiger partial charge is 0.235 e. The van der Waals surface area contributed by atoms with Crippen molar-refractivity contribution in [2.75, 3.05) is 26.2 Å². The highest BCUT2D eigenvalue weighted by atomic mass is 16.1. The van der Waals surface area contributed by atoms with Crippen molar-refractivity contribution in [3.05, 3.63) is 0 Å². The number of carbonyl (C=O) groups excluding carboxylic acids is 1. The zero-order valence-electron chi connectivity index (χ0n) is 9.69. The number of hydrogen-bond donors (Lipinski definition) is 3. The van der Waals surface area contributed by atoms with Gasteiger partial charge in [0.25, 0.3) is 0 Å². The molecule has 0 aromatic heterocycles. The Morgan fingerprint density at radius 3 is 2.81 bits per heavy atom. The van der Waals surface area contributed by atoms with Crippen molar-refractivity contribution in [1.82, 2.24) is 10.2 Å². The van der Waals surface area contributed by atoms with Crippen molar-refractivity contribution in [1.29, 1.82) is 0 Å². The Labute approximate surface area is 96.5 Å². The molecule has 2 unspecified atom stereocenters. The van der Waals surface area contributed by atoms with E-state index in [0.717, 1.165) is 12.6 Å². The van der Waals surface area contributed by atoms with E-state index in [-0.39, 0.29) is 0 Å². The number of carbonyl (C=O) groups is 1. The first-order valence-corrected chi connectivity index (χ1v) is 6.16. The molecule has 2 rings (SSSR count). The molecule has 0 aromatic rings. The maximum Gasteiger partial charge on any atom is 0.235 e. The first-order chi connectivity index (χ1) is 7.66. The zero-order valence-corrected chi connectivity index (χ0v) is 9.69. The Kier molecular flexibility index (Phi) is 3.78. The third-order valence-corrected chi connectivity index (χ3v) is 3.54. The highest BCUT2D eigenvalue weighted by molar-refractivity contribution is 5.79. The molecule has 1 heterocycles. The van der Waals surface area contributed by atoms with Crippen LogP contribution < -0.4 is 16.8 Å². The lowest BCUT2D eigenvalue weighted by Gasteiger charge is -2.16. The second kappa shape index (κ2) is 5.12. The molecule has 92 valence electrons. The number of nitrogens with zero attached hydrogens (tertiary/aromatic N) is 1. The number of primary amides is 1.